The molecule has 0 radical (unpaired) electrons. The Hall–Kier alpha value is -0.120. The maximum Gasteiger partial charge on any atom is 0.0777 e. The summed E-state index contributed by atoms with van der Waals surface area (Å²) in [7, 11) is 1.85. The highest BCUT2D eigenvalue weighted by molar-refractivity contribution is 4.84. The number of likely N-dealkylation sites (tertiary alicyclic amines) is 1. The van der Waals surface area contributed by atoms with Crippen molar-refractivity contribution in [3.05, 3.63) is 0 Å². The first-order valence-electron chi connectivity index (χ1n) is 7.60. The summed E-state index contributed by atoms with van der Waals surface area (Å²) in [6, 6.07) is 0.656. The molecule has 2 atom stereocenters. The second kappa shape index (κ2) is 8.13. The van der Waals surface area contributed by atoms with Crippen LogP contribution in [-0.2, 0) is 4.74 Å². The molecule has 108 valence electrons. The van der Waals surface area contributed by atoms with Gasteiger partial charge in [0, 0.05) is 19.7 Å². The Kier molecular flexibility index (Phi) is 7.20. The molecule has 1 aliphatic heterocycles. The Labute approximate surface area is 113 Å². The van der Waals surface area contributed by atoms with Gasteiger partial charge in [0.2, 0.25) is 0 Å². The zero-order valence-corrected chi connectivity index (χ0v) is 12.8. The first kappa shape index (κ1) is 15.9. The van der Waals surface area contributed by atoms with Crippen LogP contribution in [0.25, 0.3) is 0 Å². The van der Waals surface area contributed by atoms with E-state index in [0.29, 0.717) is 6.04 Å². The zero-order chi connectivity index (χ0) is 13.4. The van der Waals surface area contributed by atoms with E-state index in [4.69, 9.17) is 4.74 Å². The molecule has 2 unspecified atom stereocenters. The van der Waals surface area contributed by atoms with Crippen molar-refractivity contribution in [2.45, 2.75) is 64.5 Å². The van der Waals surface area contributed by atoms with Gasteiger partial charge in [0.1, 0.15) is 0 Å². The molecule has 1 rings (SSSR count). The van der Waals surface area contributed by atoms with Crippen LogP contribution >= 0.6 is 0 Å². The molecule has 3 nitrogen and oxygen atoms in total. The van der Waals surface area contributed by atoms with Crippen molar-refractivity contribution in [1.29, 1.82) is 0 Å². The van der Waals surface area contributed by atoms with Gasteiger partial charge in [-0.25, -0.2) is 0 Å². The van der Waals surface area contributed by atoms with Gasteiger partial charge in [-0.1, -0.05) is 6.92 Å². The molecule has 1 saturated heterocycles. The summed E-state index contributed by atoms with van der Waals surface area (Å²) in [5, 5.41) is 3.55. The van der Waals surface area contributed by atoms with Gasteiger partial charge in [-0.05, 0) is 65.6 Å². The number of methoxy groups -OCH3 is 1. The average molecular weight is 256 g/mol. The van der Waals surface area contributed by atoms with Crippen molar-refractivity contribution in [1.82, 2.24) is 10.2 Å². The minimum Gasteiger partial charge on any atom is -0.377 e. The number of hydrogen-bond acceptors (Lipinski definition) is 3. The lowest BCUT2D eigenvalue weighted by molar-refractivity contribution is -0.0509. The Bertz CT molecular complexity index is 223. The van der Waals surface area contributed by atoms with Crippen molar-refractivity contribution < 1.29 is 4.74 Å². The lowest BCUT2D eigenvalue weighted by Gasteiger charge is -2.39. The topological polar surface area (TPSA) is 24.5 Å². The van der Waals surface area contributed by atoms with Crippen LogP contribution in [0.4, 0.5) is 0 Å². The second-order valence-electron chi connectivity index (χ2n) is 6.03. The summed E-state index contributed by atoms with van der Waals surface area (Å²) in [5.74, 6) is 0. The average Bonchev–Trinajstić information content (AvgIpc) is 2.36. The molecule has 0 spiro atoms. The zero-order valence-electron chi connectivity index (χ0n) is 12.8. The molecule has 1 fully saturated rings. The van der Waals surface area contributed by atoms with E-state index in [9.17, 15) is 0 Å². The highest BCUT2D eigenvalue weighted by Crippen LogP contribution is 2.23. The fraction of sp³-hybridized carbons (Fsp3) is 1.00. The number of ether oxygens (including phenoxy) is 1. The fourth-order valence-corrected chi connectivity index (χ4v) is 2.78. The summed E-state index contributed by atoms with van der Waals surface area (Å²) in [4.78, 5) is 2.57. The van der Waals surface area contributed by atoms with Gasteiger partial charge >= 0.3 is 0 Å². The molecular weight excluding hydrogens is 224 g/mol. The van der Waals surface area contributed by atoms with Crippen LogP contribution in [0.15, 0.2) is 0 Å². The highest BCUT2D eigenvalue weighted by atomic mass is 16.5. The van der Waals surface area contributed by atoms with Crippen molar-refractivity contribution in [2.75, 3.05) is 33.3 Å². The molecule has 0 aromatic carbocycles. The van der Waals surface area contributed by atoms with Gasteiger partial charge in [-0.3, -0.25) is 0 Å². The molecule has 0 aliphatic carbocycles. The lowest BCUT2D eigenvalue weighted by Crippen LogP contribution is -2.47. The predicted octanol–water partition coefficient (Wildman–Crippen LogP) is 2.66. The third kappa shape index (κ3) is 5.68. The molecule has 3 heteroatoms. The molecule has 1 N–H and O–H groups in total. The molecule has 0 saturated carbocycles. The van der Waals surface area contributed by atoms with E-state index in [0.717, 1.165) is 13.1 Å². The van der Waals surface area contributed by atoms with Gasteiger partial charge in [0.25, 0.3) is 0 Å². The largest absolute Gasteiger partial charge is 0.377 e. The normalized spacial score (nSPS) is 27.3. The summed E-state index contributed by atoms with van der Waals surface area (Å²) in [6.07, 6.45) is 6.27. The molecule has 1 heterocycles. The van der Waals surface area contributed by atoms with Gasteiger partial charge in [0.15, 0.2) is 0 Å². The van der Waals surface area contributed by atoms with Crippen LogP contribution in [0.3, 0.4) is 0 Å². The molecule has 0 aromatic rings. The van der Waals surface area contributed by atoms with Crippen LogP contribution in [-0.4, -0.2) is 49.8 Å². The van der Waals surface area contributed by atoms with Crippen molar-refractivity contribution >= 4 is 0 Å². The Morgan fingerprint density at radius 1 is 1.44 bits per heavy atom. The molecule has 0 bridgehead atoms. The summed E-state index contributed by atoms with van der Waals surface area (Å²) >= 11 is 0. The maximum absolute atomic E-state index is 5.64. The van der Waals surface area contributed by atoms with E-state index in [1.54, 1.807) is 0 Å². The van der Waals surface area contributed by atoms with Crippen LogP contribution < -0.4 is 5.32 Å². The van der Waals surface area contributed by atoms with E-state index in [1.807, 2.05) is 7.11 Å². The van der Waals surface area contributed by atoms with E-state index in [1.165, 1.54) is 45.2 Å². The first-order chi connectivity index (χ1) is 8.59. The fourth-order valence-electron chi connectivity index (χ4n) is 2.78. The third-order valence-corrected chi connectivity index (χ3v) is 4.09. The van der Waals surface area contributed by atoms with Crippen LogP contribution in [0.5, 0.6) is 0 Å². The third-order valence-electron chi connectivity index (χ3n) is 4.09. The van der Waals surface area contributed by atoms with E-state index in [-0.39, 0.29) is 5.60 Å². The predicted molar refractivity (Wildman–Crippen MR) is 78.1 cm³/mol. The van der Waals surface area contributed by atoms with Crippen molar-refractivity contribution in [3.8, 4) is 0 Å². The van der Waals surface area contributed by atoms with Gasteiger partial charge in [-0.2, -0.15) is 0 Å². The van der Waals surface area contributed by atoms with Crippen LogP contribution in [0.2, 0.25) is 0 Å². The number of nitrogens with zero attached hydrogens (tertiary/aromatic N) is 1. The Morgan fingerprint density at radius 3 is 2.89 bits per heavy atom. The second-order valence-corrected chi connectivity index (χ2v) is 6.03. The minimum absolute atomic E-state index is 0.0876. The quantitative estimate of drug-likeness (QED) is 0.722. The monoisotopic (exact) mass is 256 g/mol. The van der Waals surface area contributed by atoms with Crippen molar-refractivity contribution in [3.63, 3.8) is 0 Å². The van der Waals surface area contributed by atoms with Gasteiger partial charge in [-0.15, -0.1) is 0 Å². The number of nitrogens with one attached hydrogen (secondary N) is 1. The van der Waals surface area contributed by atoms with Crippen LogP contribution in [0.1, 0.15) is 52.9 Å². The molecule has 0 aromatic heterocycles. The van der Waals surface area contributed by atoms with E-state index < -0.39 is 0 Å². The minimum atomic E-state index is 0.0876. The SMILES string of the molecule is CCCNC(C)CCCN1CCCC(C)(OC)C1. The Morgan fingerprint density at radius 2 is 2.22 bits per heavy atom. The lowest BCUT2D eigenvalue weighted by atomic mass is 9.94. The summed E-state index contributed by atoms with van der Waals surface area (Å²) in [5.41, 5.74) is 0.0876. The number of piperidine rings is 1. The number of hydrogen-bond donors (Lipinski definition) is 1. The number of rotatable bonds is 8. The molecule has 1 aliphatic rings. The smallest absolute Gasteiger partial charge is 0.0777 e. The molecule has 18 heavy (non-hydrogen) atoms. The summed E-state index contributed by atoms with van der Waals surface area (Å²) in [6.45, 7) is 11.5. The van der Waals surface area contributed by atoms with Crippen molar-refractivity contribution in [2.24, 2.45) is 0 Å². The van der Waals surface area contributed by atoms with E-state index >= 15 is 0 Å². The molecule has 0 amide bonds. The summed E-state index contributed by atoms with van der Waals surface area (Å²) < 4.78 is 5.64. The highest BCUT2D eigenvalue weighted by Gasteiger charge is 2.30. The van der Waals surface area contributed by atoms with Gasteiger partial charge < -0.3 is 15.0 Å². The molecular formula is C15H32N2O. The Balaban J connectivity index is 2.15. The van der Waals surface area contributed by atoms with E-state index in [2.05, 4.69) is 31.0 Å². The standard InChI is InChI=1S/C15H32N2O/c1-5-10-16-14(2)8-6-11-17-12-7-9-15(3,13-17)18-4/h14,16H,5-13H2,1-4H3. The first-order valence-corrected chi connectivity index (χ1v) is 7.60. The maximum atomic E-state index is 5.64. The van der Waals surface area contributed by atoms with Gasteiger partial charge in [0.05, 0.1) is 5.60 Å². The van der Waals surface area contributed by atoms with Crippen LogP contribution in [0, 0.1) is 0 Å².